The van der Waals surface area contributed by atoms with Crippen LogP contribution >= 0.6 is 0 Å². The van der Waals surface area contributed by atoms with Crippen molar-refractivity contribution in [3.8, 4) is 11.5 Å². The molecule has 3 rings (SSSR count). The molecule has 0 aliphatic rings. The summed E-state index contributed by atoms with van der Waals surface area (Å²) in [6.45, 7) is -0.578. The highest BCUT2D eigenvalue weighted by Gasteiger charge is 2.30. The molecule has 8 heteroatoms. The first-order valence-corrected chi connectivity index (χ1v) is 9.45. The molecule has 0 radical (unpaired) electrons. The van der Waals surface area contributed by atoms with E-state index in [2.05, 4.69) is 5.32 Å². The van der Waals surface area contributed by atoms with Crippen molar-refractivity contribution in [3.05, 3.63) is 96.1 Å². The van der Waals surface area contributed by atoms with Crippen molar-refractivity contribution >= 4 is 23.6 Å². The topological polar surface area (TPSA) is 64.6 Å². The molecule has 0 aliphatic heterocycles. The monoisotopic (exact) mass is 441 g/mol. The minimum absolute atomic E-state index is 0.174. The molecule has 3 aromatic rings. The van der Waals surface area contributed by atoms with Gasteiger partial charge in [0.25, 0.3) is 5.91 Å². The number of hydrogen-bond acceptors (Lipinski definition) is 4. The maximum Gasteiger partial charge on any atom is 0.416 e. The molecular weight excluding hydrogens is 423 g/mol. The van der Waals surface area contributed by atoms with E-state index in [0.717, 1.165) is 18.2 Å². The standard InChI is InChI=1S/C24H18F3NO4/c25-24(26,27)18-8-6-7-17(15-18)13-14-23(30)31-16-22(29)28-20-11-4-5-12-21(20)32-19-9-2-1-3-10-19/h1-15H,16H2,(H,28,29)/b14-13+. The molecule has 164 valence electrons. The first kappa shape index (κ1) is 22.6. The van der Waals surface area contributed by atoms with Crippen LogP contribution in [0, 0.1) is 0 Å². The third-order valence-corrected chi connectivity index (χ3v) is 4.10. The number of rotatable bonds is 7. The van der Waals surface area contributed by atoms with Gasteiger partial charge in [0.05, 0.1) is 11.3 Å². The average molecular weight is 441 g/mol. The molecular formula is C24H18F3NO4. The molecule has 5 nitrogen and oxygen atoms in total. The molecule has 0 spiro atoms. The third kappa shape index (κ3) is 6.73. The molecule has 1 N–H and O–H groups in total. The molecule has 0 fully saturated rings. The van der Waals surface area contributed by atoms with Crippen molar-refractivity contribution in [1.29, 1.82) is 0 Å². The van der Waals surface area contributed by atoms with Crippen LogP contribution in [0.1, 0.15) is 11.1 Å². The Morgan fingerprint density at radius 2 is 1.62 bits per heavy atom. The molecule has 0 bridgehead atoms. The lowest BCUT2D eigenvalue weighted by Crippen LogP contribution is -2.20. The van der Waals surface area contributed by atoms with E-state index in [9.17, 15) is 22.8 Å². The van der Waals surface area contributed by atoms with Crippen molar-refractivity contribution in [2.75, 3.05) is 11.9 Å². The normalized spacial score (nSPS) is 11.2. The number of benzene rings is 3. The van der Waals surface area contributed by atoms with Crippen LogP contribution in [0.3, 0.4) is 0 Å². The Hall–Kier alpha value is -4.07. The second-order valence-electron chi connectivity index (χ2n) is 6.52. The Labute approximate surface area is 182 Å². The Kier molecular flexibility index (Phi) is 7.28. The van der Waals surface area contributed by atoms with Gasteiger partial charge in [0.2, 0.25) is 0 Å². The molecule has 0 unspecified atom stereocenters. The van der Waals surface area contributed by atoms with Crippen LogP contribution < -0.4 is 10.1 Å². The van der Waals surface area contributed by atoms with Crippen LogP contribution in [-0.4, -0.2) is 18.5 Å². The van der Waals surface area contributed by atoms with Crippen molar-refractivity contribution in [3.63, 3.8) is 0 Å². The van der Waals surface area contributed by atoms with Gasteiger partial charge in [-0.25, -0.2) is 4.79 Å². The summed E-state index contributed by atoms with van der Waals surface area (Å²) >= 11 is 0. The Balaban J connectivity index is 1.54. The van der Waals surface area contributed by atoms with Gasteiger partial charge in [0.15, 0.2) is 12.4 Å². The van der Waals surface area contributed by atoms with Gasteiger partial charge in [-0.2, -0.15) is 13.2 Å². The highest BCUT2D eigenvalue weighted by Crippen LogP contribution is 2.30. The molecule has 0 heterocycles. The summed E-state index contributed by atoms with van der Waals surface area (Å²) in [5.41, 5.74) is -0.270. The minimum atomic E-state index is -4.48. The summed E-state index contributed by atoms with van der Waals surface area (Å²) in [4.78, 5) is 24.0. The number of esters is 1. The number of nitrogens with one attached hydrogen (secondary N) is 1. The van der Waals surface area contributed by atoms with Gasteiger partial charge >= 0.3 is 12.1 Å². The van der Waals surface area contributed by atoms with E-state index in [-0.39, 0.29) is 5.56 Å². The molecule has 3 aromatic carbocycles. The number of hydrogen-bond donors (Lipinski definition) is 1. The van der Waals surface area contributed by atoms with Gasteiger partial charge in [-0.3, -0.25) is 4.79 Å². The quantitative estimate of drug-likeness (QED) is 0.378. The average Bonchev–Trinajstić information content (AvgIpc) is 2.78. The zero-order chi connectivity index (χ0) is 23.0. The fourth-order valence-electron chi connectivity index (χ4n) is 2.63. The van der Waals surface area contributed by atoms with Gasteiger partial charge in [-0.1, -0.05) is 42.5 Å². The highest BCUT2D eigenvalue weighted by molar-refractivity contribution is 5.95. The van der Waals surface area contributed by atoms with E-state index in [1.807, 2.05) is 18.2 Å². The summed E-state index contributed by atoms with van der Waals surface area (Å²) in [7, 11) is 0. The van der Waals surface area contributed by atoms with Gasteiger partial charge in [-0.15, -0.1) is 0 Å². The summed E-state index contributed by atoms with van der Waals surface area (Å²) in [5.74, 6) is -0.482. The van der Waals surface area contributed by atoms with Gasteiger partial charge in [0.1, 0.15) is 5.75 Å². The minimum Gasteiger partial charge on any atom is -0.455 e. The van der Waals surface area contributed by atoms with Gasteiger partial charge in [-0.05, 0) is 48.0 Å². The summed E-state index contributed by atoms with van der Waals surface area (Å²) in [6, 6.07) is 20.2. The Bertz CT molecular complexity index is 1110. The lowest BCUT2D eigenvalue weighted by Gasteiger charge is -2.12. The second kappa shape index (κ2) is 10.3. The fourth-order valence-corrected chi connectivity index (χ4v) is 2.63. The van der Waals surface area contributed by atoms with Crippen LogP contribution in [0.25, 0.3) is 6.08 Å². The number of para-hydroxylation sites is 3. The first-order valence-electron chi connectivity index (χ1n) is 9.45. The predicted molar refractivity (Wildman–Crippen MR) is 113 cm³/mol. The van der Waals surface area contributed by atoms with E-state index < -0.39 is 30.2 Å². The number of carbonyl (C=O) groups excluding carboxylic acids is 2. The number of ether oxygens (including phenoxy) is 2. The second-order valence-corrected chi connectivity index (χ2v) is 6.52. The molecule has 0 aliphatic carbocycles. The van der Waals surface area contributed by atoms with Crippen LogP contribution in [0.2, 0.25) is 0 Å². The highest BCUT2D eigenvalue weighted by atomic mass is 19.4. The number of alkyl halides is 3. The van der Waals surface area contributed by atoms with Crippen molar-refractivity contribution in [2.45, 2.75) is 6.18 Å². The lowest BCUT2D eigenvalue weighted by atomic mass is 10.1. The van der Waals surface area contributed by atoms with Gasteiger partial charge < -0.3 is 14.8 Å². The van der Waals surface area contributed by atoms with E-state index in [0.29, 0.717) is 17.2 Å². The predicted octanol–water partition coefficient (Wildman–Crippen LogP) is 5.69. The number of carbonyl (C=O) groups is 2. The van der Waals surface area contributed by atoms with Crippen LogP contribution in [-0.2, 0) is 20.5 Å². The van der Waals surface area contributed by atoms with Crippen LogP contribution in [0.5, 0.6) is 11.5 Å². The zero-order valence-corrected chi connectivity index (χ0v) is 16.6. The van der Waals surface area contributed by atoms with E-state index >= 15 is 0 Å². The van der Waals surface area contributed by atoms with Crippen LogP contribution in [0.4, 0.5) is 18.9 Å². The lowest BCUT2D eigenvalue weighted by molar-refractivity contribution is -0.142. The van der Waals surface area contributed by atoms with Crippen LogP contribution in [0.15, 0.2) is 84.9 Å². The Morgan fingerprint density at radius 1 is 0.906 bits per heavy atom. The van der Waals surface area contributed by atoms with Crippen molar-refractivity contribution < 1.29 is 32.2 Å². The Morgan fingerprint density at radius 3 is 2.38 bits per heavy atom. The fraction of sp³-hybridized carbons (Fsp3) is 0.0833. The van der Waals surface area contributed by atoms with E-state index in [1.165, 1.54) is 18.2 Å². The maximum absolute atomic E-state index is 12.7. The smallest absolute Gasteiger partial charge is 0.416 e. The molecule has 0 saturated heterocycles. The SMILES string of the molecule is O=C(COC(=O)/C=C/c1cccc(C(F)(F)F)c1)Nc1ccccc1Oc1ccccc1. The number of amides is 1. The summed E-state index contributed by atoms with van der Waals surface area (Å²) in [5, 5.41) is 2.59. The molecule has 1 amide bonds. The largest absolute Gasteiger partial charge is 0.455 e. The van der Waals surface area contributed by atoms with Crippen molar-refractivity contribution in [1.82, 2.24) is 0 Å². The van der Waals surface area contributed by atoms with E-state index in [1.54, 1.807) is 36.4 Å². The third-order valence-electron chi connectivity index (χ3n) is 4.10. The molecule has 32 heavy (non-hydrogen) atoms. The van der Waals surface area contributed by atoms with Gasteiger partial charge in [0, 0.05) is 6.08 Å². The molecule has 0 atom stereocenters. The molecule has 0 aromatic heterocycles. The number of anilines is 1. The van der Waals surface area contributed by atoms with Crippen molar-refractivity contribution in [2.24, 2.45) is 0 Å². The molecule has 0 saturated carbocycles. The number of halogens is 3. The zero-order valence-electron chi connectivity index (χ0n) is 16.6. The van der Waals surface area contributed by atoms with E-state index in [4.69, 9.17) is 9.47 Å². The summed E-state index contributed by atoms with van der Waals surface area (Å²) in [6.07, 6.45) is -2.35. The summed E-state index contributed by atoms with van der Waals surface area (Å²) < 4.78 is 48.8. The maximum atomic E-state index is 12.7. The first-order chi connectivity index (χ1) is 15.3.